The molecule has 0 radical (unpaired) electrons. The lowest BCUT2D eigenvalue weighted by atomic mass is 9.88. The lowest BCUT2D eigenvalue weighted by Crippen LogP contribution is -2.60. The average molecular weight is 694 g/mol. The molecule has 48 heavy (non-hydrogen) atoms. The smallest absolute Gasteiger partial charge is 0.435 e. The van der Waals surface area contributed by atoms with Gasteiger partial charge in [0.05, 0.1) is 28.0 Å². The van der Waals surface area contributed by atoms with E-state index in [0.717, 1.165) is 25.7 Å². The molecule has 258 valence electrons. The maximum atomic E-state index is 13.8. The third-order valence-corrected chi connectivity index (χ3v) is 8.72. The summed E-state index contributed by atoms with van der Waals surface area (Å²) < 4.78 is 43.9. The van der Waals surface area contributed by atoms with E-state index in [4.69, 9.17) is 27.2 Å². The fourth-order valence-electron chi connectivity index (χ4n) is 5.55. The molecule has 0 bridgehead atoms. The Labute approximate surface area is 277 Å². The molecule has 0 spiro atoms. The van der Waals surface area contributed by atoms with Crippen LogP contribution in [0.2, 0.25) is 5.02 Å². The first-order valence-electron chi connectivity index (χ1n) is 15.2. The minimum absolute atomic E-state index is 0.0945. The molecular formula is C30H35ClF3N9O5. The lowest BCUT2D eigenvalue weighted by molar-refractivity contribution is -0.141. The molecule has 0 atom stereocenters. The van der Waals surface area contributed by atoms with Gasteiger partial charge < -0.3 is 36.3 Å². The molecule has 2 saturated carbocycles. The van der Waals surface area contributed by atoms with Crippen LogP contribution >= 0.6 is 11.6 Å². The normalized spacial score (nSPS) is 18.9. The zero-order valence-electron chi connectivity index (χ0n) is 25.8. The monoisotopic (exact) mass is 693 g/mol. The Morgan fingerprint density at radius 2 is 1.83 bits per heavy atom. The summed E-state index contributed by atoms with van der Waals surface area (Å²) in [5, 5.41) is 19.2. The van der Waals surface area contributed by atoms with Gasteiger partial charge in [0.2, 0.25) is 0 Å². The predicted octanol–water partition coefficient (Wildman–Crippen LogP) is 3.18. The van der Waals surface area contributed by atoms with Crippen molar-refractivity contribution in [2.24, 2.45) is 24.6 Å². The lowest BCUT2D eigenvalue weighted by Gasteiger charge is -2.41. The highest BCUT2D eigenvalue weighted by atomic mass is 35.5. The molecule has 6 N–H and O–H groups in total. The van der Waals surface area contributed by atoms with Gasteiger partial charge in [-0.25, -0.2) is 9.78 Å². The van der Waals surface area contributed by atoms with Crippen molar-refractivity contribution in [1.29, 1.82) is 0 Å². The number of nitrogens with zero attached hydrogens (tertiary/aromatic N) is 5. The number of urea groups is 1. The average Bonchev–Trinajstić information content (AvgIpc) is 3.54. The van der Waals surface area contributed by atoms with E-state index < -0.39 is 23.7 Å². The molecule has 14 nitrogen and oxygen atoms in total. The Morgan fingerprint density at radius 1 is 1.15 bits per heavy atom. The molecule has 3 aromatic rings. The van der Waals surface area contributed by atoms with Crippen LogP contribution in [0, 0.1) is 11.8 Å². The van der Waals surface area contributed by atoms with Crippen LogP contribution in [0.25, 0.3) is 11.3 Å². The highest BCUT2D eigenvalue weighted by Gasteiger charge is 2.39. The van der Waals surface area contributed by atoms with E-state index in [9.17, 15) is 27.6 Å². The van der Waals surface area contributed by atoms with Crippen LogP contribution in [-0.2, 0) is 24.6 Å². The van der Waals surface area contributed by atoms with E-state index in [1.807, 2.05) is 0 Å². The minimum Gasteiger partial charge on any atom is -0.483 e. The third-order valence-electron chi connectivity index (χ3n) is 8.41. The van der Waals surface area contributed by atoms with Crippen molar-refractivity contribution in [3.8, 4) is 11.3 Å². The number of alkyl halides is 3. The maximum Gasteiger partial charge on any atom is 0.435 e. The Morgan fingerprint density at radius 3 is 2.44 bits per heavy atom. The van der Waals surface area contributed by atoms with Gasteiger partial charge in [-0.15, -0.1) is 0 Å². The number of carbonyl (C=O) groups is 4. The highest BCUT2D eigenvalue weighted by molar-refractivity contribution is 6.34. The molecule has 3 aliphatic rings. The van der Waals surface area contributed by atoms with Gasteiger partial charge >= 0.3 is 12.2 Å². The summed E-state index contributed by atoms with van der Waals surface area (Å²) in [5.74, 6) is -0.759. The second kappa shape index (κ2) is 14.2. The van der Waals surface area contributed by atoms with Crippen LogP contribution in [0.1, 0.15) is 52.4 Å². The molecule has 1 aromatic carbocycles. The van der Waals surface area contributed by atoms with Crippen molar-refractivity contribution in [3.05, 3.63) is 52.7 Å². The number of nitrogens with two attached hydrogens (primary N) is 1. The molecule has 3 fully saturated rings. The van der Waals surface area contributed by atoms with Crippen LogP contribution in [0.4, 0.5) is 23.7 Å². The van der Waals surface area contributed by atoms with Gasteiger partial charge in [-0.3, -0.25) is 19.1 Å². The number of anilines is 1. The number of benzene rings is 1. The van der Waals surface area contributed by atoms with Gasteiger partial charge in [0, 0.05) is 63.1 Å². The van der Waals surface area contributed by atoms with Crippen molar-refractivity contribution < 1.29 is 37.5 Å². The van der Waals surface area contributed by atoms with Gasteiger partial charge in [0.15, 0.2) is 11.5 Å². The van der Waals surface area contributed by atoms with E-state index in [2.05, 4.69) is 26.0 Å². The van der Waals surface area contributed by atoms with Crippen LogP contribution in [0.5, 0.6) is 0 Å². The number of halogens is 4. The zero-order chi connectivity index (χ0) is 34.7. The number of carbonyl (C=O) groups excluding carboxylic acids is 3. The van der Waals surface area contributed by atoms with E-state index in [0.29, 0.717) is 32.1 Å². The molecule has 1 aliphatic heterocycles. The maximum absolute atomic E-state index is 13.8. The van der Waals surface area contributed by atoms with Gasteiger partial charge in [0.1, 0.15) is 0 Å². The van der Waals surface area contributed by atoms with Crippen LogP contribution < -0.4 is 21.7 Å². The number of aromatic nitrogens is 4. The van der Waals surface area contributed by atoms with Gasteiger partial charge in [-0.05, 0) is 49.8 Å². The summed E-state index contributed by atoms with van der Waals surface area (Å²) in [5.41, 5.74) is 5.13. The van der Waals surface area contributed by atoms with Crippen molar-refractivity contribution in [1.82, 2.24) is 34.9 Å². The predicted molar refractivity (Wildman–Crippen MR) is 167 cm³/mol. The SMILES string of the molecule is Cn1c(-c2cn(CC3CC3)nc2C(F)(F)F)cnc1C(=O)Nc1ccc(C(=O)NCC2CN(C(=O)NC3CC(N)C3)C2)c(Cl)c1.O=CO. The Hall–Kier alpha value is -4.64. The van der Waals surface area contributed by atoms with Crippen molar-refractivity contribution >= 4 is 41.6 Å². The van der Waals surface area contributed by atoms with Gasteiger partial charge in [0.25, 0.3) is 18.3 Å². The van der Waals surface area contributed by atoms with Crippen LogP contribution in [-0.4, -0.2) is 85.4 Å². The summed E-state index contributed by atoms with van der Waals surface area (Å²) in [6.07, 6.45) is 1.35. The fourth-order valence-corrected chi connectivity index (χ4v) is 5.82. The highest BCUT2D eigenvalue weighted by Crippen LogP contribution is 2.38. The fraction of sp³-hybridized carbons (Fsp3) is 0.467. The first-order chi connectivity index (χ1) is 22.8. The molecule has 2 aliphatic carbocycles. The van der Waals surface area contributed by atoms with Crippen molar-refractivity contribution in [2.75, 3.05) is 25.0 Å². The standard InChI is InChI=1S/C29H33ClF3N9O3.CH2O2/c1-40-23(21-14-42(13-15-2-3-15)39-24(21)29(31,32)33)10-35-25(40)27(44)37-18-4-5-20(22(30)8-18)26(43)36-9-16-11-41(12-16)28(45)38-19-6-17(34)7-19;2-1-3/h4-5,8,10,14-17,19H,2-3,6-7,9,11-13,34H2,1H3,(H,36,43)(H,37,44)(H,38,45);1H,(H,2,3). The van der Waals surface area contributed by atoms with Crippen molar-refractivity contribution in [3.63, 3.8) is 0 Å². The van der Waals surface area contributed by atoms with E-state index in [-0.39, 0.29) is 63.9 Å². The quantitative estimate of drug-likeness (QED) is 0.211. The summed E-state index contributed by atoms with van der Waals surface area (Å²) in [6.45, 7) is 1.57. The Kier molecular flexibility index (Phi) is 10.3. The molecule has 6 rings (SSSR count). The first-order valence-corrected chi connectivity index (χ1v) is 15.6. The van der Waals surface area contributed by atoms with Gasteiger partial charge in [-0.2, -0.15) is 18.3 Å². The minimum atomic E-state index is -4.68. The number of imidazole rings is 1. The molecule has 18 heteroatoms. The number of nitrogens with one attached hydrogen (secondary N) is 3. The number of hydrogen-bond donors (Lipinski definition) is 5. The second-order valence-corrected chi connectivity index (χ2v) is 12.6. The largest absolute Gasteiger partial charge is 0.483 e. The van der Waals surface area contributed by atoms with E-state index in [1.54, 1.807) is 4.90 Å². The molecule has 0 unspecified atom stereocenters. The topological polar surface area (TPSA) is 190 Å². The summed E-state index contributed by atoms with van der Waals surface area (Å²) in [7, 11) is 1.45. The summed E-state index contributed by atoms with van der Waals surface area (Å²) >= 11 is 6.36. The second-order valence-electron chi connectivity index (χ2n) is 12.2. The zero-order valence-corrected chi connectivity index (χ0v) is 26.6. The number of amides is 4. The third kappa shape index (κ3) is 8.07. The van der Waals surface area contributed by atoms with Gasteiger partial charge in [-0.1, -0.05) is 11.6 Å². The number of carboxylic acid groups (broad SMARTS) is 1. The summed E-state index contributed by atoms with van der Waals surface area (Å²) in [4.78, 5) is 52.2. The number of hydrogen-bond acceptors (Lipinski definition) is 7. The molecule has 2 aromatic heterocycles. The Bertz CT molecular complexity index is 1680. The van der Waals surface area contributed by atoms with Crippen molar-refractivity contribution in [2.45, 2.75) is 50.5 Å². The molecular weight excluding hydrogens is 659 g/mol. The van der Waals surface area contributed by atoms with Crippen LogP contribution in [0.15, 0.2) is 30.6 Å². The number of rotatable bonds is 9. The molecule has 4 amide bonds. The summed E-state index contributed by atoms with van der Waals surface area (Å²) in [6, 6.07) is 4.52. The Balaban J connectivity index is 0.00000145. The van der Waals surface area contributed by atoms with E-state index in [1.165, 1.54) is 46.9 Å². The van der Waals surface area contributed by atoms with Crippen LogP contribution in [0.3, 0.4) is 0 Å². The number of likely N-dealkylation sites (tertiary alicyclic amines) is 1. The van der Waals surface area contributed by atoms with E-state index >= 15 is 0 Å². The molecule has 1 saturated heterocycles. The molecule has 3 heterocycles. The first kappa shape index (κ1) is 34.7.